The van der Waals surface area contributed by atoms with Gasteiger partial charge in [-0.15, -0.1) is 0 Å². The standard InChI is InChI=1S/C14H17ClN2O2/c1-2-5-17-12-4-3-9(15)6-11(12)16-14(18)10-7-19-8-13(10)17/h3-4,6,10,13H,2,5,7-8H2,1H3,(H,16,18). The van der Waals surface area contributed by atoms with Gasteiger partial charge in [0.2, 0.25) is 5.91 Å². The van der Waals surface area contributed by atoms with Crippen molar-refractivity contribution >= 4 is 28.9 Å². The third kappa shape index (κ3) is 2.19. The fourth-order valence-electron chi connectivity index (χ4n) is 2.89. The maximum Gasteiger partial charge on any atom is 0.232 e. The summed E-state index contributed by atoms with van der Waals surface area (Å²) in [5.41, 5.74) is 1.85. The lowest BCUT2D eigenvalue weighted by molar-refractivity contribution is -0.120. The van der Waals surface area contributed by atoms with Crippen LogP contribution in [0.15, 0.2) is 18.2 Å². The first-order chi connectivity index (χ1) is 9.20. The normalized spacial score (nSPS) is 25.6. The molecule has 0 spiro atoms. The van der Waals surface area contributed by atoms with Gasteiger partial charge < -0.3 is 15.0 Å². The van der Waals surface area contributed by atoms with Crippen molar-refractivity contribution in [1.29, 1.82) is 0 Å². The van der Waals surface area contributed by atoms with Crippen LogP contribution in [0.4, 0.5) is 11.4 Å². The van der Waals surface area contributed by atoms with Crippen molar-refractivity contribution in [3.63, 3.8) is 0 Å². The molecule has 2 aliphatic rings. The Morgan fingerprint density at radius 3 is 3.11 bits per heavy atom. The lowest BCUT2D eigenvalue weighted by Crippen LogP contribution is -2.42. The van der Waals surface area contributed by atoms with Crippen molar-refractivity contribution < 1.29 is 9.53 Å². The highest BCUT2D eigenvalue weighted by molar-refractivity contribution is 6.31. The number of rotatable bonds is 2. The second-order valence-electron chi connectivity index (χ2n) is 5.06. The summed E-state index contributed by atoms with van der Waals surface area (Å²) in [5.74, 6) is -0.0673. The third-order valence-corrected chi connectivity index (χ3v) is 4.01. The number of nitrogens with one attached hydrogen (secondary N) is 1. The van der Waals surface area contributed by atoms with Crippen LogP contribution in [0.1, 0.15) is 13.3 Å². The van der Waals surface area contributed by atoms with Crippen molar-refractivity contribution in [1.82, 2.24) is 0 Å². The van der Waals surface area contributed by atoms with E-state index in [2.05, 4.69) is 17.1 Å². The van der Waals surface area contributed by atoms with Gasteiger partial charge in [-0.05, 0) is 24.6 Å². The lowest BCUT2D eigenvalue weighted by atomic mass is 10.0. The number of amides is 1. The maximum atomic E-state index is 12.3. The summed E-state index contributed by atoms with van der Waals surface area (Å²) in [5, 5.41) is 3.62. The van der Waals surface area contributed by atoms with Crippen molar-refractivity contribution in [2.24, 2.45) is 5.92 Å². The third-order valence-electron chi connectivity index (χ3n) is 3.78. The van der Waals surface area contributed by atoms with Gasteiger partial charge in [-0.25, -0.2) is 0 Å². The number of hydrogen-bond donors (Lipinski definition) is 1. The highest BCUT2D eigenvalue weighted by Gasteiger charge is 2.41. The van der Waals surface area contributed by atoms with E-state index in [9.17, 15) is 4.79 Å². The molecule has 1 saturated heterocycles. The number of ether oxygens (including phenoxy) is 1. The summed E-state index contributed by atoms with van der Waals surface area (Å²) < 4.78 is 5.50. The van der Waals surface area contributed by atoms with E-state index in [1.807, 2.05) is 18.2 Å². The van der Waals surface area contributed by atoms with E-state index in [0.29, 0.717) is 18.2 Å². The van der Waals surface area contributed by atoms with Crippen LogP contribution in [0.3, 0.4) is 0 Å². The van der Waals surface area contributed by atoms with E-state index in [1.165, 1.54) is 0 Å². The molecule has 2 unspecified atom stereocenters. The van der Waals surface area contributed by atoms with Crippen LogP contribution in [0.5, 0.6) is 0 Å². The SMILES string of the molecule is CCCN1c2ccc(Cl)cc2NC(=O)C2COCC21. The van der Waals surface area contributed by atoms with Gasteiger partial charge in [0.15, 0.2) is 0 Å². The fourth-order valence-corrected chi connectivity index (χ4v) is 3.06. The summed E-state index contributed by atoms with van der Waals surface area (Å²) in [6.07, 6.45) is 1.03. The predicted octanol–water partition coefficient (Wildman–Crippen LogP) is 2.52. The average Bonchev–Trinajstić information content (AvgIpc) is 2.82. The average molecular weight is 281 g/mol. The second kappa shape index (κ2) is 5.02. The Bertz CT molecular complexity index is 506. The zero-order valence-electron chi connectivity index (χ0n) is 10.9. The molecule has 0 saturated carbocycles. The molecule has 0 aromatic heterocycles. The van der Waals surface area contributed by atoms with Crippen molar-refractivity contribution in [2.75, 3.05) is 30.0 Å². The van der Waals surface area contributed by atoms with Gasteiger partial charge in [-0.2, -0.15) is 0 Å². The molecule has 0 aliphatic carbocycles. The van der Waals surface area contributed by atoms with E-state index in [-0.39, 0.29) is 17.9 Å². The Morgan fingerprint density at radius 1 is 1.47 bits per heavy atom. The second-order valence-corrected chi connectivity index (χ2v) is 5.49. The van der Waals surface area contributed by atoms with Gasteiger partial charge in [-0.1, -0.05) is 18.5 Å². The number of carbonyl (C=O) groups excluding carboxylic acids is 1. The quantitative estimate of drug-likeness (QED) is 0.905. The molecule has 3 rings (SSSR count). The van der Waals surface area contributed by atoms with Crippen LogP contribution in [-0.4, -0.2) is 31.7 Å². The smallest absolute Gasteiger partial charge is 0.232 e. The van der Waals surface area contributed by atoms with E-state index in [1.54, 1.807) is 0 Å². The van der Waals surface area contributed by atoms with E-state index in [4.69, 9.17) is 16.3 Å². The minimum Gasteiger partial charge on any atom is -0.378 e. The van der Waals surface area contributed by atoms with E-state index in [0.717, 1.165) is 24.3 Å². The molecule has 2 heterocycles. The van der Waals surface area contributed by atoms with Gasteiger partial charge in [0, 0.05) is 11.6 Å². The molecule has 2 atom stereocenters. The summed E-state index contributed by atoms with van der Waals surface area (Å²) in [6, 6.07) is 5.79. The number of benzene rings is 1. The molecule has 102 valence electrons. The molecule has 0 bridgehead atoms. The van der Waals surface area contributed by atoms with Crippen LogP contribution >= 0.6 is 11.6 Å². The topological polar surface area (TPSA) is 41.6 Å². The predicted molar refractivity (Wildman–Crippen MR) is 75.8 cm³/mol. The molecule has 1 N–H and O–H groups in total. The van der Waals surface area contributed by atoms with Crippen LogP contribution in [0, 0.1) is 5.92 Å². The van der Waals surface area contributed by atoms with Gasteiger partial charge in [0.25, 0.3) is 0 Å². The first-order valence-corrected chi connectivity index (χ1v) is 7.03. The summed E-state index contributed by atoms with van der Waals surface area (Å²) >= 11 is 6.03. The van der Waals surface area contributed by atoms with Crippen LogP contribution < -0.4 is 10.2 Å². The number of carbonyl (C=O) groups is 1. The summed E-state index contributed by atoms with van der Waals surface area (Å²) in [4.78, 5) is 14.5. The number of nitrogens with zero attached hydrogens (tertiary/aromatic N) is 1. The van der Waals surface area contributed by atoms with Crippen molar-refractivity contribution in [3.8, 4) is 0 Å². The number of halogens is 1. The Balaban J connectivity index is 2.07. The molecule has 0 radical (unpaired) electrons. The van der Waals surface area contributed by atoms with E-state index < -0.39 is 0 Å². The first-order valence-electron chi connectivity index (χ1n) is 6.65. The number of anilines is 2. The molecule has 2 aliphatic heterocycles. The molecule has 5 heteroatoms. The molecule has 1 fully saturated rings. The van der Waals surface area contributed by atoms with Crippen LogP contribution in [-0.2, 0) is 9.53 Å². The largest absolute Gasteiger partial charge is 0.378 e. The Morgan fingerprint density at radius 2 is 2.32 bits per heavy atom. The van der Waals surface area contributed by atoms with Gasteiger partial charge >= 0.3 is 0 Å². The highest BCUT2D eigenvalue weighted by Crippen LogP contribution is 2.37. The summed E-state index contributed by atoms with van der Waals surface area (Å²) in [6.45, 7) is 4.16. The minimum absolute atomic E-state index is 0.0321. The van der Waals surface area contributed by atoms with Gasteiger partial charge in [-0.3, -0.25) is 4.79 Å². The molecule has 1 aromatic rings. The van der Waals surface area contributed by atoms with Gasteiger partial charge in [0.05, 0.1) is 36.5 Å². The fraction of sp³-hybridized carbons (Fsp3) is 0.500. The molecular formula is C14H17ClN2O2. The van der Waals surface area contributed by atoms with Crippen molar-refractivity contribution in [3.05, 3.63) is 23.2 Å². The molecule has 1 amide bonds. The summed E-state index contributed by atoms with van der Waals surface area (Å²) in [7, 11) is 0. The minimum atomic E-state index is -0.0993. The Kier molecular flexibility index (Phi) is 3.37. The molecule has 4 nitrogen and oxygen atoms in total. The Hall–Kier alpha value is -1.26. The van der Waals surface area contributed by atoms with Gasteiger partial charge in [0.1, 0.15) is 0 Å². The molecular weight excluding hydrogens is 264 g/mol. The van der Waals surface area contributed by atoms with E-state index >= 15 is 0 Å². The van der Waals surface area contributed by atoms with Crippen LogP contribution in [0.2, 0.25) is 5.02 Å². The molecule has 1 aromatic carbocycles. The maximum absolute atomic E-state index is 12.3. The number of fused-ring (bicyclic) bond motifs is 2. The lowest BCUT2D eigenvalue weighted by Gasteiger charge is -2.31. The highest BCUT2D eigenvalue weighted by atomic mass is 35.5. The zero-order chi connectivity index (χ0) is 13.4. The Labute approximate surface area is 117 Å². The molecule has 19 heavy (non-hydrogen) atoms. The van der Waals surface area contributed by atoms with Crippen LogP contribution in [0.25, 0.3) is 0 Å². The monoisotopic (exact) mass is 280 g/mol. The first kappa shape index (κ1) is 12.8. The zero-order valence-corrected chi connectivity index (χ0v) is 11.6. The number of hydrogen-bond acceptors (Lipinski definition) is 3. The van der Waals surface area contributed by atoms with Crippen molar-refractivity contribution in [2.45, 2.75) is 19.4 Å².